The summed E-state index contributed by atoms with van der Waals surface area (Å²) in [5, 5.41) is 4.50. The molecule has 0 unspecified atom stereocenters. The van der Waals surface area contributed by atoms with Gasteiger partial charge in [-0.15, -0.1) is 0 Å². The lowest BCUT2D eigenvalue weighted by Crippen LogP contribution is -2.28. The molecule has 0 saturated carbocycles. The second-order valence-corrected chi connectivity index (χ2v) is 19.1. The minimum absolute atomic E-state index is 0.456. The van der Waals surface area contributed by atoms with Crippen molar-refractivity contribution in [2.45, 2.75) is 5.41 Å². The molecular formula is C71H47NO. The Hall–Kier alpha value is -9.50. The molecule has 1 aliphatic carbocycles. The first-order chi connectivity index (χ1) is 36.2. The highest BCUT2D eigenvalue weighted by atomic mass is 16.3. The highest BCUT2D eigenvalue weighted by Gasteiger charge is 2.45. The summed E-state index contributed by atoms with van der Waals surface area (Å²) in [5.74, 6) is 0. The number of fused-ring (bicyclic) bond motifs is 7. The van der Waals surface area contributed by atoms with Crippen LogP contribution in [0.2, 0.25) is 0 Å². The van der Waals surface area contributed by atoms with Crippen molar-refractivity contribution < 1.29 is 4.42 Å². The number of anilines is 3. The molecule has 0 amide bonds. The van der Waals surface area contributed by atoms with Crippen LogP contribution in [0, 0.1) is 0 Å². The molecule has 0 bridgehead atoms. The van der Waals surface area contributed by atoms with Gasteiger partial charge in [0.05, 0.1) is 11.1 Å². The van der Waals surface area contributed by atoms with Gasteiger partial charge >= 0.3 is 0 Å². The summed E-state index contributed by atoms with van der Waals surface area (Å²) in [4.78, 5) is 2.39. The molecule has 13 aromatic rings. The first-order valence-electron chi connectivity index (χ1n) is 25.2. The summed E-state index contributed by atoms with van der Waals surface area (Å²) >= 11 is 0. The fourth-order valence-electron chi connectivity index (χ4n) is 11.9. The standard InChI is InChI=1S/C71H47NO/c1-4-18-48(19-5-1)50-36-42-55(43-37-50)72(56-44-38-51(39-45-56)49-20-6-2-7-21-49)68-47-46-59(58-24-10-11-27-62(58)68)63-29-17-31-65-64-30-16-28-57(69(64)73-70(63)65)52-34-40-54(41-35-52)71(53-22-8-3-9-23-53)66-32-14-12-25-60(66)61-26-13-15-33-67(61)71/h1-47H. The Balaban J connectivity index is 0.881. The van der Waals surface area contributed by atoms with Crippen LogP contribution in [0.1, 0.15) is 22.3 Å². The van der Waals surface area contributed by atoms with E-state index in [1.54, 1.807) is 0 Å². The lowest BCUT2D eigenvalue weighted by molar-refractivity contribution is 0.671. The number of hydrogen-bond donors (Lipinski definition) is 0. The molecule has 2 heteroatoms. The van der Waals surface area contributed by atoms with Gasteiger partial charge in [-0.1, -0.05) is 255 Å². The molecule has 1 heterocycles. The van der Waals surface area contributed by atoms with Crippen molar-refractivity contribution in [2.24, 2.45) is 0 Å². The van der Waals surface area contributed by atoms with Crippen molar-refractivity contribution in [3.05, 3.63) is 307 Å². The third-order valence-electron chi connectivity index (χ3n) is 15.2. The van der Waals surface area contributed by atoms with Crippen LogP contribution in [-0.4, -0.2) is 0 Å². The molecule has 12 aromatic carbocycles. The van der Waals surface area contributed by atoms with Crippen molar-refractivity contribution in [3.63, 3.8) is 0 Å². The van der Waals surface area contributed by atoms with Crippen molar-refractivity contribution in [1.29, 1.82) is 0 Å². The minimum Gasteiger partial charge on any atom is -0.455 e. The van der Waals surface area contributed by atoms with Crippen molar-refractivity contribution in [1.82, 2.24) is 0 Å². The Morgan fingerprint density at radius 1 is 0.247 bits per heavy atom. The van der Waals surface area contributed by atoms with E-state index in [-0.39, 0.29) is 0 Å². The summed E-state index contributed by atoms with van der Waals surface area (Å²) < 4.78 is 7.19. The van der Waals surface area contributed by atoms with Gasteiger partial charge in [0.2, 0.25) is 0 Å². The van der Waals surface area contributed by atoms with E-state index in [2.05, 4.69) is 290 Å². The van der Waals surface area contributed by atoms with Gasteiger partial charge < -0.3 is 9.32 Å². The maximum absolute atomic E-state index is 7.19. The molecular weight excluding hydrogens is 883 g/mol. The molecule has 2 nitrogen and oxygen atoms in total. The van der Waals surface area contributed by atoms with Crippen LogP contribution in [0.25, 0.3) is 88.3 Å². The predicted molar refractivity (Wildman–Crippen MR) is 305 cm³/mol. The number of para-hydroxylation sites is 2. The van der Waals surface area contributed by atoms with E-state index in [1.807, 2.05) is 0 Å². The highest BCUT2D eigenvalue weighted by Crippen LogP contribution is 2.56. The van der Waals surface area contributed by atoms with Crippen molar-refractivity contribution in [2.75, 3.05) is 4.90 Å². The van der Waals surface area contributed by atoms with Gasteiger partial charge in [-0.2, -0.15) is 0 Å². The summed E-state index contributed by atoms with van der Waals surface area (Å²) in [6.07, 6.45) is 0. The van der Waals surface area contributed by atoms with Gasteiger partial charge in [-0.25, -0.2) is 0 Å². The van der Waals surface area contributed by atoms with Gasteiger partial charge in [-0.3, -0.25) is 0 Å². The molecule has 1 aromatic heterocycles. The largest absolute Gasteiger partial charge is 0.455 e. The van der Waals surface area contributed by atoms with Crippen LogP contribution in [-0.2, 0) is 5.41 Å². The zero-order valence-corrected chi connectivity index (χ0v) is 40.0. The molecule has 0 radical (unpaired) electrons. The van der Waals surface area contributed by atoms with Gasteiger partial charge in [-0.05, 0) is 102 Å². The Kier molecular flexibility index (Phi) is 10.1. The Morgan fingerprint density at radius 2 is 0.658 bits per heavy atom. The Morgan fingerprint density at radius 3 is 1.23 bits per heavy atom. The topological polar surface area (TPSA) is 16.4 Å². The van der Waals surface area contributed by atoms with Crippen LogP contribution in [0.5, 0.6) is 0 Å². The molecule has 0 aliphatic heterocycles. The average Bonchev–Trinajstić information content (AvgIpc) is 4.01. The first-order valence-corrected chi connectivity index (χ1v) is 25.2. The monoisotopic (exact) mass is 929 g/mol. The molecule has 1 aliphatic rings. The number of nitrogens with zero attached hydrogens (tertiary/aromatic N) is 1. The van der Waals surface area contributed by atoms with E-state index in [4.69, 9.17) is 4.42 Å². The van der Waals surface area contributed by atoms with E-state index in [0.29, 0.717) is 0 Å². The van der Waals surface area contributed by atoms with Crippen LogP contribution >= 0.6 is 0 Å². The van der Waals surface area contributed by atoms with E-state index in [9.17, 15) is 0 Å². The first kappa shape index (κ1) is 42.4. The maximum atomic E-state index is 7.19. The quantitative estimate of drug-likeness (QED) is 0.143. The zero-order valence-electron chi connectivity index (χ0n) is 40.0. The smallest absolute Gasteiger partial charge is 0.143 e. The summed E-state index contributed by atoms with van der Waals surface area (Å²) in [6.45, 7) is 0. The normalized spacial score (nSPS) is 12.5. The fraction of sp³-hybridized carbons (Fsp3) is 0.0141. The van der Waals surface area contributed by atoms with Crippen molar-refractivity contribution >= 4 is 49.8 Å². The number of hydrogen-bond acceptors (Lipinski definition) is 2. The summed E-state index contributed by atoms with van der Waals surface area (Å²) in [7, 11) is 0. The van der Waals surface area contributed by atoms with E-state index >= 15 is 0 Å². The number of benzene rings is 12. The van der Waals surface area contributed by atoms with Crippen molar-refractivity contribution in [3.8, 4) is 55.6 Å². The molecule has 73 heavy (non-hydrogen) atoms. The minimum atomic E-state index is -0.456. The molecule has 0 N–H and O–H groups in total. The molecule has 14 rings (SSSR count). The van der Waals surface area contributed by atoms with E-state index in [1.165, 1.54) is 55.6 Å². The molecule has 0 atom stereocenters. The molecule has 342 valence electrons. The number of rotatable bonds is 9. The zero-order chi connectivity index (χ0) is 48.3. The van der Waals surface area contributed by atoms with E-state index in [0.717, 1.165) is 72.0 Å². The summed E-state index contributed by atoms with van der Waals surface area (Å²) in [6, 6.07) is 104. The molecule has 0 spiro atoms. The average molecular weight is 930 g/mol. The second-order valence-electron chi connectivity index (χ2n) is 19.1. The van der Waals surface area contributed by atoms with E-state index < -0.39 is 5.41 Å². The third kappa shape index (κ3) is 6.87. The lowest BCUT2D eigenvalue weighted by atomic mass is 9.67. The fourth-order valence-corrected chi connectivity index (χ4v) is 11.9. The number of furan rings is 1. The van der Waals surface area contributed by atoms with Crippen LogP contribution in [0.3, 0.4) is 0 Å². The lowest BCUT2D eigenvalue weighted by Gasteiger charge is -2.34. The Bertz CT molecular complexity index is 4030. The maximum Gasteiger partial charge on any atom is 0.143 e. The Labute approximate surface area is 425 Å². The molecule has 0 fully saturated rings. The highest BCUT2D eigenvalue weighted by molar-refractivity contribution is 6.16. The van der Waals surface area contributed by atoms with Gasteiger partial charge in [0.15, 0.2) is 0 Å². The predicted octanol–water partition coefficient (Wildman–Crippen LogP) is 19.2. The van der Waals surface area contributed by atoms with Crippen LogP contribution < -0.4 is 4.90 Å². The van der Waals surface area contributed by atoms with Crippen LogP contribution in [0.15, 0.2) is 290 Å². The molecule has 0 saturated heterocycles. The SMILES string of the molecule is c1ccc(-c2ccc(N(c3ccc(-c4ccccc4)cc3)c3ccc(-c4cccc5c4oc4c(-c6ccc(C7(c8ccccc8)c8ccccc8-c8ccccc87)cc6)cccc45)c4ccccc34)cc2)cc1. The third-order valence-corrected chi connectivity index (χ3v) is 15.2. The second kappa shape index (κ2) is 17.4. The van der Waals surface area contributed by atoms with Gasteiger partial charge in [0, 0.05) is 38.7 Å². The van der Waals surface area contributed by atoms with Crippen LogP contribution in [0.4, 0.5) is 17.1 Å². The van der Waals surface area contributed by atoms with Gasteiger partial charge in [0.1, 0.15) is 11.2 Å². The van der Waals surface area contributed by atoms with Gasteiger partial charge in [0.25, 0.3) is 0 Å². The summed E-state index contributed by atoms with van der Waals surface area (Å²) in [5.41, 5.74) is 21.4.